The average Bonchev–Trinajstić information content (AvgIpc) is 3.12. The van der Waals surface area contributed by atoms with Gasteiger partial charge in [-0.05, 0) is 37.8 Å². The normalized spacial score (nSPS) is 11.5. The van der Waals surface area contributed by atoms with Crippen LogP contribution in [0.15, 0.2) is 33.1 Å². The lowest BCUT2D eigenvalue weighted by Crippen LogP contribution is -2.22. The summed E-state index contributed by atoms with van der Waals surface area (Å²) in [5, 5.41) is 16.5. The quantitative estimate of drug-likeness (QED) is 0.612. The number of hydrogen-bond acceptors (Lipinski definition) is 6. The van der Waals surface area contributed by atoms with E-state index >= 15 is 0 Å². The average molecular weight is 333 g/mol. The van der Waals surface area contributed by atoms with E-state index in [-0.39, 0.29) is 25.2 Å². The molecule has 122 valence electrons. The van der Waals surface area contributed by atoms with Gasteiger partial charge in [0.1, 0.15) is 11.5 Å². The van der Waals surface area contributed by atoms with E-state index in [4.69, 9.17) is 4.42 Å². The van der Waals surface area contributed by atoms with Crippen LogP contribution in [0.4, 0.5) is 0 Å². The van der Waals surface area contributed by atoms with Gasteiger partial charge in [-0.15, -0.1) is 11.3 Å². The maximum absolute atomic E-state index is 11.8. The summed E-state index contributed by atoms with van der Waals surface area (Å²) in [5.41, 5.74) is 3.86. The number of nitrogens with one attached hydrogen (secondary N) is 1. The number of carboxylic acids is 1. The molecule has 23 heavy (non-hydrogen) atoms. The van der Waals surface area contributed by atoms with Gasteiger partial charge in [-0.2, -0.15) is 5.10 Å². The minimum atomic E-state index is -1.12. The van der Waals surface area contributed by atoms with Crippen LogP contribution in [0.3, 0.4) is 0 Å². The number of carbonyl (C=O) groups is 2. The third kappa shape index (κ3) is 5.07. The van der Waals surface area contributed by atoms with Gasteiger partial charge in [-0.3, -0.25) is 4.79 Å². The highest BCUT2D eigenvalue weighted by Crippen LogP contribution is 2.17. The van der Waals surface area contributed by atoms with Gasteiger partial charge < -0.3 is 14.3 Å². The molecule has 6 nitrogen and oxygen atoms in total. The lowest BCUT2D eigenvalue weighted by atomic mass is 10.1. The van der Waals surface area contributed by atoms with Gasteiger partial charge in [0.2, 0.25) is 5.91 Å². The summed E-state index contributed by atoms with van der Waals surface area (Å²) in [7, 11) is 0. The van der Waals surface area contributed by atoms with E-state index in [2.05, 4.69) is 10.5 Å². The van der Waals surface area contributed by atoms with Crippen molar-refractivity contribution >= 4 is 28.9 Å². The van der Waals surface area contributed by atoms with Crippen LogP contribution in [0, 0.1) is 6.92 Å². The summed E-state index contributed by atoms with van der Waals surface area (Å²) in [6.07, 6.45) is 0.455. The third-order valence-corrected chi connectivity index (χ3v) is 4.07. The van der Waals surface area contributed by atoms with Gasteiger partial charge in [0, 0.05) is 22.8 Å². The molecule has 0 bridgehead atoms. The molecular formula is C16H17N2O4S-. The smallest absolute Gasteiger partial charge is 0.245 e. The molecule has 1 amide bonds. The van der Waals surface area contributed by atoms with Crippen molar-refractivity contribution < 1.29 is 19.1 Å². The molecule has 0 aromatic carbocycles. The maximum atomic E-state index is 11.8. The van der Waals surface area contributed by atoms with Crippen LogP contribution in [0.25, 0.3) is 0 Å². The first kappa shape index (κ1) is 17.0. The molecule has 0 unspecified atom stereocenters. The van der Waals surface area contributed by atoms with Crippen LogP contribution in [0.2, 0.25) is 0 Å². The number of furan rings is 1. The zero-order valence-electron chi connectivity index (χ0n) is 12.9. The first-order chi connectivity index (χ1) is 11.0. The van der Waals surface area contributed by atoms with E-state index in [0.717, 1.165) is 10.4 Å². The van der Waals surface area contributed by atoms with Crippen LogP contribution < -0.4 is 10.5 Å². The molecule has 2 aromatic heterocycles. The number of hydrazone groups is 1. The zero-order valence-corrected chi connectivity index (χ0v) is 13.7. The Bertz CT molecular complexity index is 717. The van der Waals surface area contributed by atoms with E-state index in [9.17, 15) is 14.7 Å². The van der Waals surface area contributed by atoms with Gasteiger partial charge in [0.25, 0.3) is 0 Å². The zero-order chi connectivity index (χ0) is 16.8. The van der Waals surface area contributed by atoms with E-state index in [1.807, 2.05) is 17.5 Å². The Kier molecular flexibility index (Phi) is 5.70. The lowest BCUT2D eigenvalue weighted by Gasteiger charge is -2.01. The number of nitrogens with zero attached hydrogens (tertiary/aromatic N) is 1. The fourth-order valence-corrected chi connectivity index (χ4v) is 2.77. The SMILES string of the molecule is C/C(=N/NC(=O)Cc1cccs1)c1cc(CCC(=O)[O-])oc1C. The summed E-state index contributed by atoms with van der Waals surface area (Å²) in [6, 6.07) is 5.53. The molecule has 0 fully saturated rings. The highest BCUT2D eigenvalue weighted by atomic mass is 32.1. The van der Waals surface area contributed by atoms with Crippen molar-refractivity contribution in [1.29, 1.82) is 0 Å². The summed E-state index contributed by atoms with van der Waals surface area (Å²) in [4.78, 5) is 23.3. The summed E-state index contributed by atoms with van der Waals surface area (Å²) in [5.74, 6) is -0.120. The van der Waals surface area contributed by atoms with Gasteiger partial charge >= 0.3 is 0 Å². The molecule has 0 aliphatic heterocycles. The molecular weight excluding hydrogens is 316 g/mol. The second kappa shape index (κ2) is 7.73. The molecule has 1 N–H and O–H groups in total. The van der Waals surface area contributed by atoms with Crippen molar-refractivity contribution in [3.05, 3.63) is 45.5 Å². The monoisotopic (exact) mass is 333 g/mol. The fourth-order valence-electron chi connectivity index (χ4n) is 2.07. The predicted octanol–water partition coefficient (Wildman–Crippen LogP) is 1.41. The van der Waals surface area contributed by atoms with E-state index < -0.39 is 5.97 Å². The number of amides is 1. The van der Waals surface area contributed by atoms with Gasteiger partial charge in [-0.1, -0.05) is 6.07 Å². The molecule has 0 saturated heterocycles. The van der Waals surface area contributed by atoms with Crippen molar-refractivity contribution in [1.82, 2.24) is 5.43 Å². The molecule has 0 saturated carbocycles. The number of aryl methyl sites for hydroxylation is 2. The molecule has 0 aliphatic rings. The minimum absolute atomic E-state index is 0.0971. The van der Waals surface area contributed by atoms with E-state index in [1.165, 1.54) is 11.3 Å². The van der Waals surface area contributed by atoms with Gasteiger partial charge in [0.15, 0.2) is 0 Å². The van der Waals surface area contributed by atoms with E-state index in [1.54, 1.807) is 19.9 Å². The number of hydrogen-bond donors (Lipinski definition) is 1. The molecule has 2 heterocycles. The Labute approximate surface area is 137 Å². The number of aliphatic carboxylic acids is 1. The van der Waals surface area contributed by atoms with Crippen LogP contribution in [0.1, 0.15) is 35.3 Å². The Morgan fingerprint density at radius 2 is 2.22 bits per heavy atom. The Morgan fingerprint density at radius 1 is 1.43 bits per heavy atom. The fraction of sp³-hybridized carbons (Fsp3) is 0.312. The highest BCUT2D eigenvalue weighted by molar-refractivity contribution is 7.10. The van der Waals surface area contributed by atoms with Crippen molar-refractivity contribution in [2.45, 2.75) is 33.1 Å². The molecule has 0 aliphatic carbocycles. The molecule has 0 atom stereocenters. The largest absolute Gasteiger partial charge is 0.550 e. The maximum Gasteiger partial charge on any atom is 0.245 e. The first-order valence-electron chi connectivity index (χ1n) is 7.10. The Hall–Kier alpha value is -2.41. The predicted molar refractivity (Wildman–Crippen MR) is 85.1 cm³/mol. The topological polar surface area (TPSA) is 94.7 Å². The molecule has 0 radical (unpaired) electrons. The summed E-state index contributed by atoms with van der Waals surface area (Å²) >= 11 is 1.52. The molecule has 2 aromatic rings. The molecule has 2 rings (SSSR count). The van der Waals surface area contributed by atoms with Crippen LogP contribution in [-0.4, -0.2) is 17.6 Å². The minimum Gasteiger partial charge on any atom is -0.550 e. The number of carboxylic acid groups (broad SMARTS) is 1. The number of thiophene rings is 1. The Balaban J connectivity index is 1.97. The summed E-state index contributed by atoms with van der Waals surface area (Å²) < 4.78 is 5.50. The standard InChI is InChI=1S/C16H18N2O4S/c1-10(17-18-15(19)9-13-4-3-7-23-13)14-8-12(22-11(14)2)5-6-16(20)21/h3-4,7-8H,5-6,9H2,1-2H3,(H,18,19)(H,20,21)/p-1/b17-10-. The lowest BCUT2D eigenvalue weighted by molar-refractivity contribution is -0.305. The third-order valence-electron chi connectivity index (χ3n) is 3.20. The van der Waals surface area contributed by atoms with E-state index in [0.29, 0.717) is 17.2 Å². The van der Waals surface area contributed by atoms with Crippen molar-refractivity contribution in [2.75, 3.05) is 0 Å². The van der Waals surface area contributed by atoms with Gasteiger partial charge in [-0.25, -0.2) is 5.43 Å². The second-order valence-corrected chi connectivity index (χ2v) is 6.08. The number of carbonyl (C=O) groups excluding carboxylic acids is 2. The second-order valence-electron chi connectivity index (χ2n) is 5.04. The molecule has 7 heteroatoms. The van der Waals surface area contributed by atoms with Crippen LogP contribution in [-0.2, 0) is 22.4 Å². The molecule has 0 spiro atoms. The summed E-state index contributed by atoms with van der Waals surface area (Å²) in [6.45, 7) is 3.52. The van der Waals surface area contributed by atoms with Gasteiger partial charge in [0.05, 0.1) is 12.1 Å². The number of rotatable bonds is 7. The Morgan fingerprint density at radius 3 is 2.87 bits per heavy atom. The highest BCUT2D eigenvalue weighted by Gasteiger charge is 2.11. The van der Waals surface area contributed by atoms with Crippen LogP contribution in [0.5, 0.6) is 0 Å². The van der Waals surface area contributed by atoms with Crippen molar-refractivity contribution in [2.24, 2.45) is 5.10 Å². The first-order valence-corrected chi connectivity index (χ1v) is 7.98. The van der Waals surface area contributed by atoms with Crippen molar-refractivity contribution in [3.63, 3.8) is 0 Å². The van der Waals surface area contributed by atoms with Crippen molar-refractivity contribution in [3.8, 4) is 0 Å². The van der Waals surface area contributed by atoms with Crippen LogP contribution >= 0.6 is 11.3 Å².